The zero-order chi connectivity index (χ0) is 18.7. The second-order valence-electron chi connectivity index (χ2n) is 7.79. The van der Waals surface area contributed by atoms with Crippen LogP contribution in [0.2, 0.25) is 0 Å². The van der Waals surface area contributed by atoms with E-state index in [1.807, 2.05) is 48.3 Å². The summed E-state index contributed by atoms with van der Waals surface area (Å²) in [5.41, 5.74) is 2.07. The fourth-order valence-corrected chi connectivity index (χ4v) is 4.36. The fourth-order valence-electron chi connectivity index (χ4n) is 4.36. The van der Waals surface area contributed by atoms with Gasteiger partial charge < -0.3 is 14.4 Å². The van der Waals surface area contributed by atoms with E-state index in [2.05, 4.69) is 18.2 Å². The Kier molecular flexibility index (Phi) is 5.17. The first-order valence-corrected chi connectivity index (χ1v) is 9.78. The molecule has 2 heterocycles. The third-order valence-electron chi connectivity index (χ3n) is 5.83. The van der Waals surface area contributed by atoms with Gasteiger partial charge in [-0.15, -0.1) is 0 Å². The van der Waals surface area contributed by atoms with Crippen molar-refractivity contribution in [3.05, 3.63) is 65.7 Å². The number of amides is 1. The zero-order valence-corrected chi connectivity index (χ0v) is 15.9. The normalized spacial score (nSPS) is 20.6. The van der Waals surface area contributed by atoms with Crippen molar-refractivity contribution in [3.8, 4) is 5.75 Å². The van der Waals surface area contributed by atoms with Gasteiger partial charge in [0.2, 0.25) is 5.91 Å². The number of ether oxygens (including phenoxy) is 2. The maximum Gasteiger partial charge on any atom is 0.229 e. The molecule has 4 rings (SSSR count). The third kappa shape index (κ3) is 3.86. The smallest absolute Gasteiger partial charge is 0.229 e. The quantitative estimate of drug-likeness (QED) is 0.814. The van der Waals surface area contributed by atoms with Gasteiger partial charge in [0.25, 0.3) is 0 Å². The van der Waals surface area contributed by atoms with Gasteiger partial charge in [-0.3, -0.25) is 4.79 Å². The first-order chi connectivity index (χ1) is 13.2. The molecule has 4 nitrogen and oxygen atoms in total. The van der Waals surface area contributed by atoms with Crippen LogP contribution < -0.4 is 4.74 Å². The third-order valence-corrected chi connectivity index (χ3v) is 5.83. The molecule has 0 aromatic heterocycles. The lowest BCUT2D eigenvalue weighted by atomic mass is 9.74. The summed E-state index contributed by atoms with van der Waals surface area (Å²) in [5, 5.41) is 0. The average Bonchev–Trinajstić information content (AvgIpc) is 3.11. The van der Waals surface area contributed by atoms with Gasteiger partial charge in [-0.2, -0.15) is 0 Å². The molecule has 0 N–H and O–H groups in total. The van der Waals surface area contributed by atoms with E-state index < -0.39 is 0 Å². The summed E-state index contributed by atoms with van der Waals surface area (Å²) >= 11 is 0. The van der Waals surface area contributed by atoms with Crippen molar-refractivity contribution < 1.29 is 14.3 Å². The monoisotopic (exact) mass is 365 g/mol. The van der Waals surface area contributed by atoms with Crippen LogP contribution in [0, 0.1) is 5.41 Å². The van der Waals surface area contributed by atoms with Gasteiger partial charge in [-0.05, 0) is 36.5 Å². The molecule has 2 aliphatic heterocycles. The highest BCUT2D eigenvalue weighted by Crippen LogP contribution is 2.37. The van der Waals surface area contributed by atoms with Crippen molar-refractivity contribution in [1.82, 2.24) is 4.90 Å². The minimum absolute atomic E-state index is 0.0324. The van der Waals surface area contributed by atoms with E-state index in [4.69, 9.17) is 9.47 Å². The topological polar surface area (TPSA) is 38.8 Å². The minimum atomic E-state index is -0.375. The highest BCUT2D eigenvalue weighted by Gasteiger charge is 2.42. The molecule has 0 saturated carbocycles. The molecule has 2 aliphatic rings. The van der Waals surface area contributed by atoms with Crippen molar-refractivity contribution in [2.24, 2.45) is 5.41 Å². The fraction of sp³-hybridized carbons (Fsp3) is 0.435. The van der Waals surface area contributed by atoms with E-state index in [9.17, 15) is 4.79 Å². The molecular formula is C23H27NO3. The SMILES string of the molecule is CN(CC1Cc2ccccc2O1)C(=O)C1(Cc2ccccc2)CCOCC1. The molecule has 0 spiro atoms. The van der Waals surface area contributed by atoms with Gasteiger partial charge in [-0.25, -0.2) is 0 Å². The Hall–Kier alpha value is -2.33. The summed E-state index contributed by atoms with van der Waals surface area (Å²) in [6.07, 6.45) is 3.22. The number of carbonyl (C=O) groups is 1. The molecule has 1 saturated heterocycles. The molecule has 0 radical (unpaired) electrons. The van der Waals surface area contributed by atoms with Crippen LogP contribution in [-0.2, 0) is 22.4 Å². The lowest BCUT2D eigenvalue weighted by Gasteiger charge is -2.39. The molecule has 1 unspecified atom stereocenters. The van der Waals surface area contributed by atoms with Gasteiger partial charge in [0.1, 0.15) is 11.9 Å². The van der Waals surface area contributed by atoms with Gasteiger partial charge in [0.15, 0.2) is 0 Å². The highest BCUT2D eigenvalue weighted by atomic mass is 16.5. The Balaban J connectivity index is 1.46. The summed E-state index contributed by atoms with van der Waals surface area (Å²) in [6, 6.07) is 18.5. The molecule has 1 atom stereocenters. The Morgan fingerprint density at radius 1 is 1.07 bits per heavy atom. The highest BCUT2D eigenvalue weighted by molar-refractivity contribution is 5.83. The molecule has 4 heteroatoms. The summed E-state index contributed by atoms with van der Waals surface area (Å²) < 4.78 is 11.6. The van der Waals surface area contributed by atoms with Crippen molar-refractivity contribution in [2.75, 3.05) is 26.8 Å². The van der Waals surface area contributed by atoms with E-state index in [1.165, 1.54) is 11.1 Å². The number of hydrogen-bond donors (Lipinski definition) is 0. The second-order valence-corrected chi connectivity index (χ2v) is 7.79. The Labute approximate surface area is 161 Å². The Morgan fingerprint density at radius 3 is 2.52 bits per heavy atom. The predicted molar refractivity (Wildman–Crippen MR) is 105 cm³/mol. The second kappa shape index (κ2) is 7.73. The van der Waals surface area contributed by atoms with Crippen LogP contribution in [0.5, 0.6) is 5.75 Å². The predicted octanol–water partition coefficient (Wildman–Crippen LogP) is 3.49. The summed E-state index contributed by atoms with van der Waals surface area (Å²) in [5.74, 6) is 1.17. The van der Waals surface area contributed by atoms with Crippen LogP contribution in [0.3, 0.4) is 0 Å². The maximum absolute atomic E-state index is 13.5. The van der Waals surface area contributed by atoms with Gasteiger partial charge in [-0.1, -0.05) is 48.5 Å². The molecule has 2 aromatic rings. The summed E-state index contributed by atoms with van der Waals surface area (Å²) in [4.78, 5) is 15.4. The van der Waals surface area contributed by atoms with Crippen LogP contribution in [0.15, 0.2) is 54.6 Å². The van der Waals surface area contributed by atoms with Gasteiger partial charge >= 0.3 is 0 Å². The molecule has 142 valence electrons. The number of carbonyl (C=O) groups excluding carboxylic acids is 1. The standard InChI is InChI=1S/C23H27NO3/c1-24(17-20-15-19-9-5-6-10-21(19)27-20)22(25)23(11-13-26-14-12-23)16-18-7-3-2-4-8-18/h2-10,20H,11-17H2,1H3. The molecule has 27 heavy (non-hydrogen) atoms. The average molecular weight is 365 g/mol. The number of hydrogen-bond acceptors (Lipinski definition) is 3. The van der Waals surface area contributed by atoms with Crippen LogP contribution in [0.4, 0.5) is 0 Å². The Bertz CT molecular complexity index is 758. The number of nitrogens with zero attached hydrogens (tertiary/aromatic N) is 1. The molecule has 1 fully saturated rings. The van der Waals surface area contributed by atoms with Crippen molar-refractivity contribution in [1.29, 1.82) is 0 Å². The number of rotatable bonds is 5. The van der Waals surface area contributed by atoms with Gasteiger partial charge in [0.05, 0.1) is 12.0 Å². The number of benzene rings is 2. The Morgan fingerprint density at radius 2 is 1.78 bits per heavy atom. The maximum atomic E-state index is 13.5. The lowest BCUT2D eigenvalue weighted by molar-refractivity contribution is -0.147. The van der Waals surface area contributed by atoms with E-state index >= 15 is 0 Å². The molecule has 0 bridgehead atoms. The first-order valence-electron chi connectivity index (χ1n) is 9.78. The van der Waals surface area contributed by atoms with Crippen LogP contribution >= 0.6 is 0 Å². The van der Waals surface area contributed by atoms with E-state index in [0.29, 0.717) is 19.8 Å². The number of fused-ring (bicyclic) bond motifs is 1. The largest absolute Gasteiger partial charge is 0.488 e. The summed E-state index contributed by atoms with van der Waals surface area (Å²) in [7, 11) is 1.91. The molecule has 2 aromatic carbocycles. The first kappa shape index (κ1) is 18.1. The van der Waals surface area contributed by atoms with Crippen molar-refractivity contribution in [2.45, 2.75) is 31.8 Å². The summed E-state index contributed by atoms with van der Waals surface area (Å²) in [6.45, 7) is 1.92. The number of para-hydroxylation sites is 1. The minimum Gasteiger partial charge on any atom is -0.488 e. The van der Waals surface area contributed by atoms with E-state index in [0.717, 1.165) is 31.4 Å². The van der Waals surface area contributed by atoms with Crippen molar-refractivity contribution >= 4 is 5.91 Å². The molecule has 1 amide bonds. The van der Waals surface area contributed by atoms with Crippen molar-refractivity contribution in [3.63, 3.8) is 0 Å². The molecule has 0 aliphatic carbocycles. The number of likely N-dealkylation sites (N-methyl/N-ethyl adjacent to an activating group) is 1. The van der Waals surface area contributed by atoms with E-state index in [-0.39, 0.29) is 17.4 Å². The van der Waals surface area contributed by atoms with Crippen LogP contribution in [0.1, 0.15) is 24.0 Å². The van der Waals surface area contributed by atoms with Crippen LogP contribution in [-0.4, -0.2) is 43.7 Å². The van der Waals surface area contributed by atoms with Gasteiger partial charge in [0, 0.05) is 26.7 Å². The van der Waals surface area contributed by atoms with E-state index in [1.54, 1.807) is 0 Å². The van der Waals surface area contributed by atoms with Crippen LogP contribution in [0.25, 0.3) is 0 Å². The lowest BCUT2D eigenvalue weighted by Crippen LogP contribution is -2.49. The zero-order valence-electron chi connectivity index (χ0n) is 15.9. The molecular weight excluding hydrogens is 338 g/mol.